The zero-order valence-electron chi connectivity index (χ0n) is 7.57. The molecule has 0 bridgehead atoms. The van der Waals surface area contributed by atoms with Gasteiger partial charge in [-0.25, -0.2) is 0 Å². The molecule has 2 N–H and O–H groups in total. The molecule has 0 aliphatic carbocycles. The van der Waals surface area contributed by atoms with Crippen LogP contribution in [0.2, 0.25) is 0 Å². The largest absolute Gasteiger partial charge is 0.335 e. The Kier molecular flexibility index (Phi) is 5.53. The van der Waals surface area contributed by atoms with E-state index >= 15 is 0 Å². The third-order valence-electron chi connectivity index (χ3n) is 1.03. The summed E-state index contributed by atoms with van der Waals surface area (Å²) >= 11 is 0. The molecule has 0 aromatic rings. The molecular formula is C9H12F2N2. The maximum atomic E-state index is 11.7. The van der Waals surface area contributed by atoms with Gasteiger partial charge in [0.2, 0.25) is 0 Å². The maximum absolute atomic E-state index is 11.7. The van der Waals surface area contributed by atoms with E-state index in [1.165, 1.54) is 0 Å². The van der Waals surface area contributed by atoms with Crippen LogP contribution in [0, 0.1) is 23.2 Å². The second kappa shape index (κ2) is 6.18. The van der Waals surface area contributed by atoms with E-state index in [9.17, 15) is 8.78 Å². The molecule has 0 unspecified atom stereocenters. The van der Waals surface area contributed by atoms with Gasteiger partial charge >= 0.3 is 6.55 Å². The molecule has 0 amide bonds. The molecule has 0 aromatic carbocycles. The first kappa shape index (κ1) is 11.6. The first-order valence-electron chi connectivity index (χ1n) is 3.82. The third-order valence-corrected chi connectivity index (χ3v) is 1.03. The number of nitrogens with one attached hydrogen (secondary N) is 2. The van der Waals surface area contributed by atoms with E-state index in [4.69, 9.17) is 5.41 Å². The van der Waals surface area contributed by atoms with E-state index in [0.717, 1.165) is 12.4 Å². The Hall–Kier alpha value is -1.37. The lowest BCUT2D eigenvalue weighted by atomic mass is 10.2. The van der Waals surface area contributed by atoms with Crippen molar-refractivity contribution in [2.45, 2.75) is 20.4 Å². The molecule has 0 aliphatic rings. The van der Waals surface area contributed by atoms with Crippen LogP contribution in [0.5, 0.6) is 0 Å². The summed E-state index contributed by atoms with van der Waals surface area (Å²) in [6, 6.07) is 0. The van der Waals surface area contributed by atoms with Crippen LogP contribution in [-0.2, 0) is 0 Å². The number of halogens is 2. The molecule has 2 nitrogen and oxygen atoms in total. The minimum atomic E-state index is -2.62. The number of rotatable bonds is 3. The van der Waals surface area contributed by atoms with Crippen LogP contribution in [0.1, 0.15) is 13.8 Å². The lowest BCUT2D eigenvalue weighted by Crippen LogP contribution is -2.13. The molecule has 13 heavy (non-hydrogen) atoms. The van der Waals surface area contributed by atoms with Crippen LogP contribution >= 0.6 is 0 Å². The summed E-state index contributed by atoms with van der Waals surface area (Å²) in [4.78, 5) is 0. The van der Waals surface area contributed by atoms with Crippen molar-refractivity contribution in [2.75, 3.05) is 0 Å². The van der Waals surface area contributed by atoms with Crippen LogP contribution in [0.4, 0.5) is 8.78 Å². The predicted molar refractivity (Wildman–Crippen MR) is 48.6 cm³/mol. The first-order chi connectivity index (χ1) is 6.06. The summed E-state index contributed by atoms with van der Waals surface area (Å²) in [6.45, 7) is 1.15. The Labute approximate surface area is 76.5 Å². The molecule has 0 radical (unpaired) electrons. The number of alkyl halides is 2. The van der Waals surface area contributed by atoms with Gasteiger partial charge in [-0.1, -0.05) is 25.7 Å². The number of hydrogen-bond acceptors (Lipinski definition) is 2. The molecule has 0 heterocycles. The van der Waals surface area contributed by atoms with E-state index in [2.05, 4.69) is 11.8 Å². The van der Waals surface area contributed by atoms with Gasteiger partial charge in [0, 0.05) is 18.3 Å². The van der Waals surface area contributed by atoms with Crippen molar-refractivity contribution in [1.82, 2.24) is 5.32 Å². The Morgan fingerprint density at radius 2 is 2.08 bits per heavy atom. The molecular weight excluding hydrogens is 174 g/mol. The van der Waals surface area contributed by atoms with Gasteiger partial charge in [-0.2, -0.15) is 8.78 Å². The van der Waals surface area contributed by atoms with Crippen LogP contribution < -0.4 is 5.32 Å². The minimum Gasteiger partial charge on any atom is -0.335 e. The fraction of sp³-hybridized carbons (Fsp3) is 0.444. The molecule has 0 atom stereocenters. The zero-order chi connectivity index (χ0) is 10.3. The van der Waals surface area contributed by atoms with Crippen molar-refractivity contribution in [3.63, 3.8) is 0 Å². The molecule has 4 heteroatoms. The highest BCUT2D eigenvalue weighted by Crippen LogP contribution is 1.92. The summed E-state index contributed by atoms with van der Waals surface area (Å²) in [6.07, 6.45) is 1.97. The fourth-order valence-electron chi connectivity index (χ4n) is 0.494. The van der Waals surface area contributed by atoms with Gasteiger partial charge in [0.25, 0.3) is 0 Å². The van der Waals surface area contributed by atoms with Crippen molar-refractivity contribution in [2.24, 2.45) is 5.92 Å². The highest BCUT2D eigenvalue weighted by molar-refractivity contribution is 5.81. The molecule has 0 fully saturated rings. The van der Waals surface area contributed by atoms with Gasteiger partial charge in [0.1, 0.15) is 0 Å². The Balaban J connectivity index is 4.28. The van der Waals surface area contributed by atoms with E-state index in [0.29, 0.717) is 0 Å². The first-order valence-corrected chi connectivity index (χ1v) is 3.82. The lowest BCUT2D eigenvalue weighted by molar-refractivity contribution is 0.125. The van der Waals surface area contributed by atoms with Gasteiger partial charge in [-0.15, -0.1) is 0 Å². The molecule has 72 valence electrons. The van der Waals surface area contributed by atoms with Gasteiger partial charge in [0.15, 0.2) is 0 Å². The smallest absolute Gasteiger partial charge is 0.312 e. The maximum Gasteiger partial charge on any atom is 0.312 e. The monoisotopic (exact) mass is 186 g/mol. The second-order valence-corrected chi connectivity index (χ2v) is 2.64. The van der Waals surface area contributed by atoms with Crippen LogP contribution in [0.25, 0.3) is 0 Å². The third kappa shape index (κ3) is 7.01. The summed E-state index contributed by atoms with van der Waals surface area (Å²) in [7, 11) is 0. The van der Waals surface area contributed by atoms with Crippen molar-refractivity contribution < 1.29 is 8.78 Å². The zero-order valence-corrected chi connectivity index (χ0v) is 7.57. The van der Waals surface area contributed by atoms with Gasteiger partial charge in [-0.05, 0) is 0 Å². The number of hydrogen-bond donors (Lipinski definition) is 2. The molecule has 0 saturated carbocycles. The predicted octanol–water partition coefficient (Wildman–Crippen LogP) is 1.99. The van der Waals surface area contributed by atoms with E-state index < -0.39 is 6.55 Å². The lowest BCUT2D eigenvalue weighted by Gasteiger charge is -1.96. The van der Waals surface area contributed by atoms with E-state index in [1.54, 1.807) is 5.32 Å². The van der Waals surface area contributed by atoms with Crippen molar-refractivity contribution in [3.8, 4) is 11.8 Å². The van der Waals surface area contributed by atoms with Crippen LogP contribution in [-0.4, -0.2) is 12.8 Å². The molecule has 0 rings (SSSR count). The molecule has 0 saturated heterocycles. The van der Waals surface area contributed by atoms with Crippen molar-refractivity contribution in [1.29, 1.82) is 5.41 Å². The van der Waals surface area contributed by atoms with Crippen molar-refractivity contribution >= 4 is 6.21 Å². The van der Waals surface area contributed by atoms with Crippen molar-refractivity contribution in [3.05, 3.63) is 11.8 Å². The van der Waals surface area contributed by atoms with Gasteiger partial charge < -0.3 is 10.7 Å². The SMILES string of the molecule is CC(C)C#C/C(C=N)=C/NC(F)F. The molecule has 0 aromatic heterocycles. The average molecular weight is 186 g/mol. The van der Waals surface area contributed by atoms with Gasteiger partial charge in [0.05, 0.1) is 5.57 Å². The minimum absolute atomic E-state index is 0.162. The van der Waals surface area contributed by atoms with E-state index in [1.807, 2.05) is 13.8 Å². The summed E-state index contributed by atoms with van der Waals surface area (Å²) in [5.74, 6) is 5.52. The molecule has 0 aliphatic heterocycles. The Morgan fingerprint density at radius 3 is 2.46 bits per heavy atom. The Morgan fingerprint density at radius 1 is 1.46 bits per heavy atom. The summed E-state index contributed by atoms with van der Waals surface area (Å²) in [5, 5.41) is 8.64. The highest BCUT2D eigenvalue weighted by atomic mass is 19.3. The normalized spacial score (nSPS) is 11.1. The summed E-state index contributed by atoms with van der Waals surface area (Å²) < 4.78 is 23.3. The number of allylic oxidation sites excluding steroid dienone is 1. The fourth-order valence-corrected chi connectivity index (χ4v) is 0.494. The van der Waals surface area contributed by atoms with Crippen LogP contribution in [0.3, 0.4) is 0 Å². The Bertz CT molecular complexity index is 246. The standard InChI is InChI=1S/C9H12F2N2/c1-7(2)3-4-8(5-12)6-13-9(10)11/h5-7,9,12-13H,1-2H3/b8-6-,12-5?. The highest BCUT2D eigenvalue weighted by Gasteiger charge is 1.95. The summed E-state index contributed by atoms with van der Waals surface area (Å²) in [5.41, 5.74) is 0.244. The molecule has 0 spiro atoms. The van der Waals surface area contributed by atoms with Crippen LogP contribution in [0.15, 0.2) is 11.8 Å². The average Bonchev–Trinajstić information content (AvgIpc) is 2.04. The second-order valence-electron chi connectivity index (χ2n) is 2.64. The quantitative estimate of drug-likeness (QED) is 0.394. The topological polar surface area (TPSA) is 35.9 Å². The van der Waals surface area contributed by atoms with Gasteiger partial charge in [-0.3, -0.25) is 0 Å². The van der Waals surface area contributed by atoms with E-state index in [-0.39, 0.29) is 11.5 Å².